The van der Waals surface area contributed by atoms with E-state index in [1.165, 1.54) is 5.56 Å². The van der Waals surface area contributed by atoms with E-state index in [1.807, 2.05) is 41.3 Å². The van der Waals surface area contributed by atoms with E-state index in [0.29, 0.717) is 6.42 Å². The van der Waals surface area contributed by atoms with E-state index in [0.717, 1.165) is 47.4 Å². The third-order valence-corrected chi connectivity index (χ3v) is 4.62. The van der Waals surface area contributed by atoms with Gasteiger partial charge in [-0.25, -0.2) is 0 Å². The minimum Gasteiger partial charge on any atom is -0.497 e. The summed E-state index contributed by atoms with van der Waals surface area (Å²) in [5.74, 6) is 0.861. The van der Waals surface area contributed by atoms with Gasteiger partial charge in [-0.2, -0.15) is 0 Å². The largest absolute Gasteiger partial charge is 0.497 e. The van der Waals surface area contributed by atoms with Gasteiger partial charge in [-0.3, -0.25) is 4.79 Å². The first-order chi connectivity index (χ1) is 11.8. The Hall–Kier alpha value is -2.75. The van der Waals surface area contributed by atoms with Crippen molar-refractivity contribution in [1.29, 1.82) is 0 Å². The molecule has 0 unspecified atom stereocenters. The fourth-order valence-electron chi connectivity index (χ4n) is 3.38. The van der Waals surface area contributed by atoms with E-state index < -0.39 is 0 Å². The molecular weight excluding hydrogens is 302 g/mol. The van der Waals surface area contributed by atoms with Gasteiger partial charge in [0, 0.05) is 29.2 Å². The summed E-state index contributed by atoms with van der Waals surface area (Å²) in [6.45, 7) is 0.777. The number of nitrogens with zero attached hydrogens (tertiary/aromatic N) is 1. The molecule has 3 aromatic rings. The van der Waals surface area contributed by atoms with E-state index in [9.17, 15) is 4.79 Å². The van der Waals surface area contributed by atoms with Crippen LogP contribution in [0.15, 0.2) is 53.1 Å². The number of fused-ring (bicyclic) bond motifs is 2. The Labute approximate surface area is 140 Å². The first-order valence-electron chi connectivity index (χ1n) is 8.18. The van der Waals surface area contributed by atoms with Gasteiger partial charge >= 0.3 is 0 Å². The first-order valence-corrected chi connectivity index (χ1v) is 8.18. The van der Waals surface area contributed by atoms with Crippen LogP contribution in [0.3, 0.4) is 0 Å². The van der Waals surface area contributed by atoms with Crippen molar-refractivity contribution in [2.75, 3.05) is 18.6 Å². The third-order valence-electron chi connectivity index (χ3n) is 4.62. The van der Waals surface area contributed by atoms with Gasteiger partial charge in [-0.05, 0) is 36.6 Å². The summed E-state index contributed by atoms with van der Waals surface area (Å²) in [7, 11) is 1.63. The molecule has 1 aromatic heterocycles. The highest BCUT2D eigenvalue weighted by molar-refractivity contribution is 5.98. The second kappa shape index (κ2) is 6.04. The quantitative estimate of drug-likeness (QED) is 0.733. The number of amides is 1. The van der Waals surface area contributed by atoms with E-state index in [-0.39, 0.29) is 5.91 Å². The van der Waals surface area contributed by atoms with Crippen LogP contribution in [0.4, 0.5) is 5.69 Å². The average Bonchev–Trinajstić information content (AvgIpc) is 3.03. The van der Waals surface area contributed by atoms with Gasteiger partial charge in [-0.15, -0.1) is 0 Å². The van der Waals surface area contributed by atoms with Crippen LogP contribution in [0, 0.1) is 0 Å². The highest BCUT2D eigenvalue weighted by atomic mass is 16.5. The summed E-state index contributed by atoms with van der Waals surface area (Å²) in [5, 5.41) is 0.967. The molecule has 1 aliphatic heterocycles. The number of ether oxygens (including phenoxy) is 1. The van der Waals surface area contributed by atoms with Crippen LogP contribution in [0.1, 0.15) is 17.5 Å². The van der Waals surface area contributed by atoms with Crippen LogP contribution in [0.5, 0.6) is 5.75 Å². The molecule has 0 N–H and O–H groups in total. The fraction of sp³-hybridized carbons (Fsp3) is 0.250. The Morgan fingerprint density at radius 3 is 3.00 bits per heavy atom. The van der Waals surface area contributed by atoms with Crippen molar-refractivity contribution in [2.45, 2.75) is 19.3 Å². The number of carbonyl (C=O) groups excluding carboxylic acids is 1. The third kappa shape index (κ3) is 2.54. The zero-order valence-corrected chi connectivity index (χ0v) is 13.6. The summed E-state index contributed by atoms with van der Waals surface area (Å²) < 4.78 is 10.8. The lowest BCUT2D eigenvalue weighted by Gasteiger charge is -2.29. The maximum Gasteiger partial charge on any atom is 0.231 e. The molecule has 0 saturated carbocycles. The summed E-state index contributed by atoms with van der Waals surface area (Å²) in [6, 6.07) is 13.8. The smallest absolute Gasteiger partial charge is 0.231 e. The number of methoxy groups -OCH3 is 1. The van der Waals surface area contributed by atoms with Crippen LogP contribution in [-0.2, 0) is 17.6 Å². The number of carbonyl (C=O) groups is 1. The monoisotopic (exact) mass is 321 g/mol. The number of furan rings is 1. The highest BCUT2D eigenvalue weighted by Crippen LogP contribution is 2.29. The molecule has 0 spiro atoms. The topological polar surface area (TPSA) is 42.7 Å². The van der Waals surface area contributed by atoms with Crippen molar-refractivity contribution < 1.29 is 13.9 Å². The zero-order valence-electron chi connectivity index (χ0n) is 13.6. The van der Waals surface area contributed by atoms with Crippen molar-refractivity contribution in [1.82, 2.24) is 0 Å². The molecule has 2 heterocycles. The Morgan fingerprint density at radius 1 is 1.25 bits per heavy atom. The van der Waals surface area contributed by atoms with Crippen molar-refractivity contribution in [3.8, 4) is 5.75 Å². The minimum absolute atomic E-state index is 0.112. The Morgan fingerprint density at radius 2 is 2.12 bits per heavy atom. The predicted molar refractivity (Wildman–Crippen MR) is 93.6 cm³/mol. The molecule has 0 atom stereocenters. The maximum absolute atomic E-state index is 12.9. The van der Waals surface area contributed by atoms with Gasteiger partial charge in [0.15, 0.2) is 0 Å². The van der Waals surface area contributed by atoms with Gasteiger partial charge in [-0.1, -0.05) is 18.2 Å². The van der Waals surface area contributed by atoms with Gasteiger partial charge in [0.1, 0.15) is 11.3 Å². The Kier molecular flexibility index (Phi) is 3.73. The normalized spacial score (nSPS) is 13.8. The van der Waals surface area contributed by atoms with E-state index >= 15 is 0 Å². The molecule has 24 heavy (non-hydrogen) atoms. The number of aryl methyl sites for hydroxylation is 1. The summed E-state index contributed by atoms with van der Waals surface area (Å²) in [5.41, 5.74) is 3.96. The SMILES string of the molecule is COc1ccc2c(CC(=O)N3CCCc4ccccc43)coc2c1. The average molecular weight is 321 g/mol. The molecule has 1 aliphatic rings. The number of hydrogen-bond acceptors (Lipinski definition) is 3. The fourth-order valence-corrected chi connectivity index (χ4v) is 3.38. The molecule has 1 amide bonds. The molecule has 4 rings (SSSR count). The predicted octanol–water partition coefficient (Wildman–Crippen LogP) is 3.96. The maximum atomic E-state index is 12.9. The second-order valence-corrected chi connectivity index (χ2v) is 6.08. The first kappa shape index (κ1) is 14.8. The second-order valence-electron chi connectivity index (χ2n) is 6.08. The number of anilines is 1. The number of hydrogen-bond donors (Lipinski definition) is 0. The van der Waals surface area contributed by atoms with Gasteiger partial charge in [0.05, 0.1) is 19.8 Å². The molecule has 122 valence electrons. The van der Waals surface area contributed by atoms with E-state index in [2.05, 4.69) is 6.07 Å². The van der Waals surface area contributed by atoms with Crippen LogP contribution in [0.2, 0.25) is 0 Å². The lowest BCUT2D eigenvalue weighted by Crippen LogP contribution is -2.36. The van der Waals surface area contributed by atoms with Crippen molar-refractivity contribution in [3.63, 3.8) is 0 Å². The Balaban J connectivity index is 1.61. The molecule has 4 heteroatoms. The number of benzene rings is 2. The van der Waals surface area contributed by atoms with Crippen LogP contribution in [-0.4, -0.2) is 19.6 Å². The van der Waals surface area contributed by atoms with Gasteiger partial charge in [0.2, 0.25) is 5.91 Å². The van der Waals surface area contributed by atoms with Crippen LogP contribution < -0.4 is 9.64 Å². The molecule has 0 fully saturated rings. The van der Waals surface area contributed by atoms with Crippen LogP contribution in [0.25, 0.3) is 11.0 Å². The van der Waals surface area contributed by atoms with Crippen molar-refractivity contribution >= 4 is 22.6 Å². The Bertz CT molecular complexity index is 897. The molecule has 4 nitrogen and oxygen atoms in total. The molecule has 0 bridgehead atoms. The van der Waals surface area contributed by atoms with Gasteiger partial charge in [0.25, 0.3) is 0 Å². The summed E-state index contributed by atoms with van der Waals surface area (Å²) in [6.07, 6.45) is 4.06. The minimum atomic E-state index is 0.112. The summed E-state index contributed by atoms with van der Waals surface area (Å²) >= 11 is 0. The standard InChI is InChI=1S/C20H19NO3/c1-23-16-8-9-17-15(13-24-19(17)12-16)11-20(22)21-10-4-6-14-5-2-3-7-18(14)21/h2-3,5,7-9,12-13H,4,6,10-11H2,1H3. The molecule has 0 saturated heterocycles. The lowest BCUT2D eigenvalue weighted by molar-refractivity contribution is -0.118. The molecular formula is C20H19NO3. The van der Waals surface area contributed by atoms with Crippen molar-refractivity contribution in [3.05, 3.63) is 59.9 Å². The summed E-state index contributed by atoms with van der Waals surface area (Å²) in [4.78, 5) is 14.8. The van der Waals surface area contributed by atoms with Gasteiger partial charge < -0.3 is 14.1 Å². The number of rotatable bonds is 3. The lowest BCUT2D eigenvalue weighted by atomic mass is 10.0. The highest BCUT2D eigenvalue weighted by Gasteiger charge is 2.23. The van der Waals surface area contributed by atoms with E-state index in [1.54, 1.807) is 13.4 Å². The molecule has 2 aromatic carbocycles. The molecule has 0 aliphatic carbocycles. The number of para-hydroxylation sites is 1. The van der Waals surface area contributed by atoms with E-state index in [4.69, 9.17) is 9.15 Å². The molecule has 0 radical (unpaired) electrons. The van der Waals surface area contributed by atoms with Crippen molar-refractivity contribution in [2.24, 2.45) is 0 Å². The van der Waals surface area contributed by atoms with Crippen LogP contribution >= 0.6 is 0 Å². The zero-order chi connectivity index (χ0) is 16.5.